The average Bonchev–Trinajstić information content (AvgIpc) is 3.39. The van der Waals surface area contributed by atoms with Crippen molar-refractivity contribution >= 4 is 22.8 Å². The molecule has 0 bridgehead atoms. The van der Waals surface area contributed by atoms with E-state index in [1.807, 2.05) is 19.9 Å². The van der Waals surface area contributed by atoms with E-state index in [-0.39, 0.29) is 25.4 Å². The van der Waals surface area contributed by atoms with Crippen molar-refractivity contribution in [3.63, 3.8) is 0 Å². The fraction of sp³-hybridized carbons (Fsp3) is 0.414. The third-order valence-electron chi connectivity index (χ3n) is 7.10. The Bertz CT molecular complexity index is 1430. The molecule has 1 aliphatic heterocycles. The smallest absolute Gasteiger partial charge is 0.339 e. The fourth-order valence-corrected chi connectivity index (χ4v) is 5.24. The number of rotatable bonds is 8. The molecule has 2 aromatic carbocycles. The molecule has 200 valence electrons. The number of fused-ring (bicyclic) bond motifs is 5. The monoisotopic (exact) mass is 520 g/mol. The molecule has 9 heteroatoms. The molecule has 1 atom stereocenters. The molecule has 1 aromatic heterocycles. The van der Waals surface area contributed by atoms with E-state index in [1.165, 1.54) is 0 Å². The molecule has 38 heavy (non-hydrogen) atoms. The van der Waals surface area contributed by atoms with Gasteiger partial charge in [0.25, 0.3) is 5.91 Å². The molecule has 9 nitrogen and oxygen atoms in total. The second-order valence-corrected chi connectivity index (χ2v) is 10.3. The molecule has 0 fully saturated rings. The predicted octanol–water partition coefficient (Wildman–Crippen LogP) is 2.73. The van der Waals surface area contributed by atoms with Crippen molar-refractivity contribution in [2.75, 3.05) is 19.8 Å². The van der Waals surface area contributed by atoms with Crippen LogP contribution in [-0.2, 0) is 28.9 Å². The summed E-state index contributed by atoms with van der Waals surface area (Å²) < 4.78 is 18.1. The van der Waals surface area contributed by atoms with Crippen LogP contribution >= 0.6 is 0 Å². The van der Waals surface area contributed by atoms with Crippen LogP contribution < -0.4 is 25.7 Å². The minimum absolute atomic E-state index is 0.0717. The SMILES string of the molecule is CC1(C)CCc2c(cc(OCC(=O)N[C@H](C(=O)NCCO)c3ccccc3)c3c4c(c(=O)oc23)CCC4)O1. The van der Waals surface area contributed by atoms with Gasteiger partial charge in [-0.1, -0.05) is 30.3 Å². The normalized spacial score (nSPS) is 16.2. The maximum absolute atomic E-state index is 13.0. The van der Waals surface area contributed by atoms with Crippen molar-refractivity contribution in [1.82, 2.24) is 10.6 Å². The van der Waals surface area contributed by atoms with Crippen LogP contribution in [0.25, 0.3) is 11.0 Å². The van der Waals surface area contributed by atoms with Crippen molar-refractivity contribution in [2.24, 2.45) is 0 Å². The number of carbonyl (C=O) groups is 2. The van der Waals surface area contributed by atoms with Crippen LogP contribution in [0.5, 0.6) is 11.5 Å². The summed E-state index contributed by atoms with van der Waals surface area (Å²) in [6.45, 7) is 3.50. The second-order valence-electron chi connectivity index (χ2n) is 10.3. The summed E-state index contributed by atoms with van der Waals surface area (Å²) in [7, 11) is 0. The van der Waals surface area contributed by atoms with Crippen LogP contribution in [-0.4, -0.2) is 42.3 Å². The van der Waals surface area contributed by atoms with Gasteiger partial charge in [0.2, 0.25) is 5.91 Å². The zero-order valence-corrected chi connectivity index (χ0v) is 21.6. The Labute approximate surface area is 220 Å². The highest BCUT2D eigenvalue weighted by Gasteiger charge is 2.32. The number of ether oxygens (including phenoxy) is 2. The van der Waals surface area contributed by atoms with Gasteiger partial charge in [-0.3, -0.25) is 9.59 Å². The molecule has 2 heterocycles. The van der Waals surface area contributed by atoms with E-state index in [9.17, 15) is 14.4 Å². The van der Waals surface area contributed by atoms with Gasteiger partial charge in [0.05, 0.1) is 12.0 Å². The Hall–Kier alpha value is -3.85. The minimum Gasteiger partial charge on any atom is -0.487 e. The first kappa shape index (κ1) is 25.8. The number of hydrogen-bond donors (Lipinski definition) is 3. The highest BCUT2D eigenvalue weighted by molar-refractivity contribution is 5.93. The molecule has 2 amide bonds. The Balaban J connectivity index is 1.45. The number of carbonyl (C=O) groups excluding carboxylic acids is 2. The average molecular weight is 521 g/mol. The second kappa shape index (κ2) is 10.5. The van der Waals surface area contributed by atoms with E-state index < -0.39 is 23.5 Å². The highest BCUT2D eigenvalue weighted by atomic mass is 16.5. The van der Waals surface area contributed by atoms with Crippen molar-refractivity contribution in [1.29, 1.82) is 0 Å². The summed E-state index contributed by atoms with van der Waals surface area (Å²) in [5.74, 6) is 0.0532. The summed E-state index contributed by atoms with van der Waals surface area (Å²) in [6, 6.07) is 9.69. The van der Waals surface area contributed by atoms with E-state index in [2.05, 4.69) is 10.6 Å². The van der Waals surface area contributed by atoms with Gasteiger partial charge in [0.1, 0.15) is 28.7 Å². The van der Waals surface area contributed by atoms with Crippen molar-refractivity contribution in [2.45, 2.75) is 57.6 Å². The molecule has 0 saturated heterocycles. The standard InChI is InChI=1S/C29H32N2O7/c1-29(2)12-11-20-21(38-29)15-22(24-18-9-6-10-19(18)28(35)37-26(20)24)36-16-23(33)31-25(27(34)30-13-14-32)17-7-4-3-5-8-17/h3-5,7-8,15,25,32H,6,9-14,16H2,1-2H3,(H,30,34)(H,31,33)/t25-/m0/s1. The third-order valence-corrected chi connectivity index (χ3v) is 7.10. The van der Waals surface area contributed by atoms with Gasteiger partial charge in [-0.2, -0.15) is 0 Å². The number of hydrogen-bond acceptors (Lipinski definition) is 7. The highest BCUT2D eigenvalue weighted by Crippen LogP contribution is 2.44. The van der Waals surface area contributed by atoms with Crippen LogP contribution in [0, 0.1) is 0 Å². The molecule has 2 aliphatic rings. The fourth-order valence-electron chi connectivity index (χ4n) is 5.24. The molecule has 0 radical (unpaired) electrons. The van der Waals surface area contributed by atoms with Crippen molar-refractivity contribution in [3.8, 4) is 11.5 Å². The van der Waals surface area contributed by atoms with Gasteiger partial charge < -0.3 is 29.6 Å². The molecule has 5 rings (SSSR count). The first-order valence-corrected chi connectivity index (χ1v) is 13.0. The largest absolute Gasteiger partial charge is 0.487 e. The van der Waals surface area contributed by atoms with Crippen LogP contribution in [0.4, 0.5) is 0 Å². The number of aryl methyl sites for hydroxylation is 2. The topological polar surface area (TPSA) is 127 Å². The van der Waals surface area contributed by atoms with Crippen molar-refractivity contribution in [3.05, 3.63) is 69.1 Å². The van der Waals surface area contributed by atoms with Gasteiger partial charge in [-0.25, -0.2) is 4.79 Å². The van der Waals surface area contributed by atoms with Gasteiger partial charge in [0, 0.05) is 23.7 Å². The zero-order chi connectivity index (χ0) is 26.9. The third kappa shape index (κ3) is 5.11. The number of aliphatic hydroxyl groups excluding tert-OH is 1. The first-order chi connectivity index (χ1) is 18.3. The zero-order valence-electron chi connectivity index (χ0n) is 21.6. The number of benzene rings is 2. The maximum Gasteiger partial charge on any atom is 0.339 e. The lowest BCUT2D eigenvalue weighted by molar-refractivity contribution is -0.130. The van der Waals surface area contributed by atoms with Crippen LogP contribution in [0.15, 0.2) is 45.6 Å². The maximum atomic E-state index is 13.0. The van der Waals surface area contributed by atoms with Gasteiger partial charge in [0.15, 0.2) is 6.61 Å². The molecular weight excluding hydrogens is 488 g/mol. The molecule has 0 unspecified atom stereocenters. The van der Waals surface area contributed by atoms with Gasteiger partial charge in [-0.15, -0.1) is 0 Å². The number of amides is 2. The summed E-state index contributed by atoms with van der Waals surface area (Å²) in [5.41, 5.74) is 2.75. The number of nitrogens with one attached hydrogen (secondary N) is 2. The van der Waals surface area contributed by atoms with E-state index in [4.69, 9.17) is 19.0 Å². The van der Waals surface area contributed by atoms with Gasteiger partial charge >= 0.3 is 5.63 Å². The minimum atomic E-state index is -0.953. The van der Waals surface area contributed by atoms with E-state index in [1.54, 1.807) is 30.3 Å². The summed E-state index contributed by atoms with van der Waals surface area (Å²) in [5, 5.41) is 15.1. The molecule has 1 aliphatic carbocycles. The lowest BCUT2D eigenvalue weighted by atomic mass is 9.91. The summed E-state index contributed by atoms with van der Waals surface area (Å²) in [4.78, 5) is 38.5. The Morgan fingerprint density at radius 3 is 2.63 bits per heavy atom. The van der Waals surface area contributed by atoms with Crippen LogP contribution in [0.3, 0.4) is 0 Å². The van der Waals surface area contributed by atoms with Gasteiger partial charge in [-0.05, 0) is 57.1 Å². The quantitative estimate of drug-likeness (QED) is 0.390. The molecule has 0 saturated carbocycles. The van der Waals surface area contributed by atoms with E-state index >= 15 is 0 Å². The molecule has 0 spiro atoms. The molecule has 3 N–H and O–H groups in total. The summed E-state index contributed by atoms with van der Waals surface area (Å²) >= 11 is 0. The molecular formula is C29H32N2O7. The Morgan fingerprint density at radius 2 is 1.87 bits per heavy atom. The Morgan fingerprint density at radius 1 is 1.11 bits per heavy atom. The lowest BCUT2D eigenvalue weighted by Gasteiger charge is -2.33. The van der Waals surface area contributed by atoms with Crippen molar-refractivity contribution < 1.29 is 28.6 Å². The van der Waals surface area contributed by atoms with E-state index in [0.717, 1.165) is 30.4 Å². The molecule has 3 aromatic rings. The first-order valence-electron chi connectivity index (χ1n) is 13.0. The van der Waals surface area contributed by atoms with Crippen LogP contribution in [0.2, 0.25) is 0 Å². The predicted molar refractivity (Wildman–Crippen MR) is 140 cm³/mol. The number of aliphatic hydroxyl groups is 1. The summed E-state index contributed by atoms with van der Waals surface area (Å²) in [6.07, 6.45) is 3.70. The Kier molecular flexibility index (Phi) is 7.12. The lowest BCUT2D eigenvalue weighted by Crippen LogP contribution is -2.42. The van der Waals surface area contributed by atoms with E-state index in [0.29, 0.717) is 46.4 Å². The van der Waals surface area contributed by atoms with Crippen LogP contribution in [0.1, 0.15) is 55.0 Å².